The highest BCUT2D eigenvalue weighted by molar-refractivity contribution is 5.94. The van der Waals surface area contributed by atoms with Gasteiger partial charge in [0.05, 0.1) is 11.1 Å². The van der Waals surface area contributed by atoms with Gasteiger partial charge in [-0.25, -0.2) is 9.59 Å². The second-order valence-electron chi connectivity index (χ2n) is 5.34. The minimum absolute atomic E-state index is 0.250. The number of benzene rings is 1. The van der Waals surface area contributed by atoms with Crippen molar-refractivity contribution >= 4 is 11.9 Å². The van der Waals surface area contributed by atoms with Crippen LogP contribution in [0, 0.1) is 0 Å². The topological polar surface area (TPSA) is 74.6 Å². The Balaban J connectivity index is 3.19. The molecule has 0 saturated heterocycles. The summed E-state index contributed by atoms with van der Waals surface area (Å²) in [7, 11) is 0. The van der Waals surface area contributed by atoms with Crippen LogP contribution >= 0.6 is 0 Å². The highest BCUT2D eigenvalue weighted by Gasteiger charge is 2.18. The fraction of sp³-hybridized carbons (Fsp3) is 0.529. The minimum Gasteiger partial charge on any atom is -0.478 e. The maximum atomic E-state index is 11.4. The third-order valence-corrected chi connectivity index (χ3v) is 3.64. The molecule has 0 aliphatic heterocycles. The number of carboxylic acids is 2. The average Bonchev–Trinajstić information content (AvgIpc) is 2.45. The van der Waals surface area contributed by atoms with Crippen molar-refractivity contribution in [3.8, 4) is 0 Å². The van der Waals surface area contributed by atoms with Crippen LogP contribution in [0.15, 0.2) is 12.1 Å². The Kier molecular flexibility index (Phi) is 6.92. The molecule has 4 nitrogen and oxygen atoms in total. The molecule has 1 aromatic carbocycles. The second-order valence-corrected chi connectivity index (χ2v) is 5.34. The highest BCUT2D eigenvalue weighted by atomic mass is 16.4. The summed E-state index contributed by atoms with van der Waals surface area (Å²) in [5.41, 5.74) is 1.76. The Bertz CT molecular complexity index is 506. The van der Waals surface area contributed by atoms with Crippen LogP contribution in [0.4, 0.5) is 0 Å². The number of carboxylic acid groups (broad SMARTS) is 2. The van der Waals surface area contributed by atoms with Gasteiger partial charge in [-0.05, 0) is 48.9 Å². The zero-order valence-electron chi connectivity index (χ0n) is 12.8. The van der Waals surface area contributed by atoms with Gasteiger partial charge in [0.2, 0.25) is 0 Å². The molecule has 116 valence electrons. The summed E-state index contributed by atoms with van der Waals surface area (Å²) in [6.07, 6.45) is 5.96. The summed E-state index contributed by atoms with van der Waals surface area (Å²) in [4.78, 5) is 22.8. The van der Waals surface area contributed by atoms with E-state index in [0.29, 0.717) is 24.0 Å². The second kappa shape index (κ2) is 8.45. The molecule has 2 N–H and O–H groups in total. The zero-order valence-corrected chi connectivity index (χ0v) is 12.8. The number of hydrogen-bond acceptors (Lipinski definition) is 2. The zero-order chi connectivity index (χ0) is 15.8. The van der Waals surface area contributed by atoms with Gasteiger partial charge in [-0.1, -0.05) is 33.1 Å². The van der Waals surface area contributed by atoms with Gasteiger partial charge < -0.3 is 10.2 Å². The van der Waals surface area contributed by atoms with Crippen LogP contribution in [-0.4, -0.2) is 22.2 Å². The first-order chi connectivity index (χ1) is 10.0. The molecule has 0 bridgehead atoms. The first kappa shape index (κ1) is 17.2. The van der Waals surface area contributed by atoms with Gasteiger partial charge in [0.25, 0.3) is 0 Å². The molecular formula is C17H24O4. The molecule has 0 unspecified atom stereocenters. The molecule has 0 saturated carbocycles. The van der Waals surface area contributed by atoms with E-state index in [1.54, 1.807) is 12.1 Å². The predicted molar refractivity (Wildman–Crippen MR) is 82.2 cm³/mol. The van der Waals surface area contributed by atoms with Gasteiger partial charge in [0, 0.05) is 0 Å². The largest absolute Gasteiger partial charge is 0.478 e. The summed E-state index contributed by atoms with van der Waals surface area (Å²) in [6, 6.07) is 3.12. The van der Waals surface area contributed by atoms with Gasteiger partial charge >= 0.3 is 11.9 Å². The molecular weight excluding hydrogens is 268 g/mol. The summed E-state index contributed by atoms with van der Waals surface area (Å²) in [5.74, 6) is -1.95. The molecule has 0 heterocycles. The lowest BCUT2D eigenvalue weighted by Crippen LogP contribution is -2.10. The maximum Gasteiger partial charge on any atom is 0.335 e. The normalized spacial score (nSPS) is 10.6. The summed E-state index contributed by atoms with van der Waals surface area (Å²) in [6.45, 7) is 4.10. The Morgan fingerprint density at radius 3 is 1.62 bits per heavy atom. The Morgan fingerprint density at radius 2 is 1.24 bits per heavy atom. The molecule has 0 spiro atoms. The van der Waals surface area contributed by atoms with Gasteiger partial charge in [0.1, 0.15) is 0 Å². The lowest BCUT2D eigenvalue weighted by molar-refractivity contribution is 0.0679. The molecule has 0 amide bonds. The van der Waals surface area contributed by atoms with Crippen molar-refractivity contribution in [3.05, 3.63) is 34.4 Å². The van der Waals surface area contributed by atoms with E-state index in [9.17, 15) is 19.8 Å². The number of aryl methyl sites for hydroxylation is 2. The molecule has 0 atom stereocenters. The molecule has 0 aliphatic rings. The van der Waals surface area contributed by atoms with Gasteiger partial charge in [-0.3, -0.25) is 0 Å². The first-order valence-electron chi connectivity index (χ1n) is 7.63. The van der Waals surface area contributed by atoms with E-state index in [0.717, 1.165) is 32.1 Å². The number of unbranched alkanes of at least 4 members (excludes halogenated alkanes) is 3. The van der Waals surface area contributed by atoms with E-state index in [1.807, 2.05) is 6.92 Å². The van der Waals surface area contributed by atoms with E-state index in [-0.39, 0.29) is 11.1 Å². The summed E-state index contributed by atoms with van der Waals surface area (Å²) >= 11 is 0. The van der Waals surface area contributed by atoms with Crippen molar-refractivity contribution in [1.82, 2.24) is 0 Å². The Hall–Kier alpha value is -1.84. The highest BCUT2D eigenvalue weighted by Crippen LogP contribution is 2.22. The van der Waals surface area contributed by atoms with Crippen molar-refractivity contribution in [3.63, 3.8) is 0 Å². The third kappa shape index (κ3) is 4.88. The number of rotatable bonds is 9. The summed E-state index contributed by atoms with van der Waals surface area (Å²) < 4.78 is 0. The molecule has 0 aromatic heterocycles. The molecule has 21 heavy (non-hydrogen) atoms. The van der Waals surface area contributed by atoms with Crippen LogP contribution in [0.3, 0.4) is 0 Å². The lowest BCUT2D eigenvalue weighted by atomic mass is 9.92. The molecule has 0 aliphatic carbocycles. The summed E-state index contributed by atoms with van der Waals surface area (Å²) in [5, 5.41) is 18.7. The van der Waals surface area contributed by atoms with Crippen molar-refractivity contribution < 1.29 is 19.8 Å². The Morgan fingerprint density at radius 1 is 0.810 bits per heavy atom. The van der Waals surface area contributed by atoms with E-state index in [1.165, 1.54) is 0 Å². The first-order valence-corrected chi connectivity index (χ1v) is 7.63. The maximum absolute atomic E-state index is 11.4. The quantitative estimate of drug-likeness (QED) is 0.670. The molecule has 4 heteroatoms. The van der Waals surface area contributed by atoms with Crippen molar-refractivity contribution in [2.75, 3.05) is 0 Å². The fourth-order valence-corrected chi connectivity index (χ4v) is 2.43. The Labute approximate surface area is 125 Å². The van der Waals surface area contributed by atoms with Gasteiger partial charge in [-0.15, -0.1) is 0 Å². The number of carbonyl (C=O) groups is 2. The van der Waals surface area contributed by atoms with E-state index in [4.69, 9.17) is 0 Å². The van der Waals surface area contributed by atoms with E-state index >= 15 is 0 Å². The fourth-order valence-electron chi connectivity index (χ4n) is 2.43. The van der Waals surface area contributed by atoms with Crippen molar-refractivity contribution in [2.24, 2.45) is 0 Å². The average molecular weight is 292 g/mol. The van der Waals surface area contributed by atoms with Crippen LogP contribution < -0.4 is 0 Å². The third-order valence-electron chi connectivity index (χ3n) is 3.64. The van der Waals surface area contributed by atoms with Gasteiger partial charge in [0.15, 0.2) is 0 Å². The smallest absolute Gasteiger partial charge is 0.335 e. The van der Waals surface area contributed by atoms with Crippen LogP contribution in [-0.2, 0) is 12.8 Å². The lowest BCUT2D eigenvalue weighted by Gasteiger charge is -2.12. The standard InChI is InChI=1S/C17H24O4/c1-3-5-7-9-13-11-14(16(18)19)12(8-6-4-2)10-15(13)17(20)21/h10-11H,3-9H2,1-2H3,(H,18,19)(H,20,21). The monoisotopic (exact) mass is 292 g/mol. The number of hydrogen-bond donors (Lipinski definition) is 2. The van der Waals surface area contributed by atoms with Gasteiger partial charge in [-0.2, -0.15) is 0 Å². The van der Waals surface area contributed by atoms with Crippen LogP contribution in [0.2, 0.25) is 0 Å². The predicted octanol–water partition coefficient (Wildman–Crippen LogP) is 4.16. The van der Waals surface area contributed by atoms with Crippen LogP contribution in [0.5, 0.6) is 0 Å². The minimum atomic E-state index is -0.977. The van der Waals surface area contributed by atoms with Crippen LogP contribution in [0.1, 0.15) is 77.8 Å². The molecule has 1 rings (SSSR count). The SMILES string of the molecule is CCCCCc1cc(C(=O)O)c(CCCC)cc1C(=O)O. The van der Waals surface area contributed by atoms with E-state index < -0.39 is 11.9 Å². The molecule has 1 aromatic rings. The number of aromatic carboxylic acids is 2. The van der Waals surface area contributed by atoms with Crippen molar-refractivity contribution in [1.29, 1.82) is 0 Å². The van der Waals surface area contributed by atoms with Crippen LogP contribution in [0.25, 0.3) is 0 Å². The van der Waals surface area contributed by atoms with E-state index in [2.05, 4.69) is 6.92 Å². The van der Waals surface area contributed by atoms with Crippen molar-refractivity contribution in [2.45, 2.75) is 58.8 Å². The molecule has 0 fully saturated rings. The molecule has 0 radical (unpaired) electrons.